The lowest BCUT2D eigenvalue weighted by Gasteiger charge is -2.40. The van der Waals surface area contributed by atoms with Gasteiger partial charge in [0.2, 0.25) is 0 Å². The van der Waals surface area contributed by atoms with Crippen molar-refractivity contribution in [3.05, 3.63) is 28.5 Å². The van der Waals surface area contributed by atoms with E-state index in [4.69, 9.17) is 4.74 Å². The van der Waals surface area contributed by atoms with E-state index in [-0.39, 0.29) is 16.6 Å². The number of hydrogen-bond acceptors (Lipinski definition) is 8. The summed E-state index contributed by atoms with van der Waals surface area (Å²) in [5.74, 6) is 0. The third-order valence-electron chi connectivity index (χ3n) is 3.97. The zero-order chi connectivity index (χ0) is 16.6. The zero-order valence-electron chi connectivity index (χ0n) is 12.6. The summed E-state index contributed by atoms with van der Waals surface area (Å²) in [5, 5.41) is 52.4. The van der Waals surface area contributed by atoms with Gasteiger partial charge in [-0.2, -0.15) is 0 Å². The lowest BCUT2D eigenvalue weighted by Crippen LogP contribution is -2.58. The highest BCUT2D eigenvalue weighted by Gasteiger charge is 2.41. The molecule has 0 amide bonds. The van der Waals surface area contributed by atoms with Crippen molar-refractivity contribution in [1.29, 1.82) is 0 Å². The van der Waals surface area contributed by atoms with Gasteiger partial charge in [0, 0.05) is 0 Å². The van der Waals surface area contributed by atoms with Gasteiger partial charge in [0.25, 0.3) is 0 Å². The van der Waals surface area contributed by atoms with Gasteiger partial charge < -0.3 is 35.8 Å². The van der Waals surface area contributed by atoms with Crippen LogP contribution in [0.5, 0.6) is 0 Å². The molecule has 0 aromatic heterocycles. The minimum Gasteiger partial charge on any atom is -0.733 e. The van der Waals surface area contributed by atoms with Gasteiger partial charge in [-0.3, -0.25) is 5.21 Å². The second-order valence-corrected chi connectivity index (χ2v) is 5.60. The number of hydrogen-bond donors (Lipinski definition) is 5. The Kier molecular flexibility index (Phi) is 4.90. The van der Waals surface area contributed by atoms with Gasteiger partial charge in [-0.1, -0.05) is 0 Å². The summed E-state index contributed by atoms with van der Waals surface area (Å²) in [6.07, 6.45) is -5.72. The minimum absolute atomic E-state index is 0.0350. The van der Waals surface area contributed by atoms with Crippen LogP contribution in [-0.4, -0.2) is 51.2 Å². The van der Waals surface area contributed by atoms with Crippen LogP contribution < -0.4 is 10.5 Å². The summed E-state index contributed by atoms with van der Waals surface area (Å²) in [4.78, 5) is 0. The van der Waals surface area contributed by atoms with Crippen LogP contribution in [0.25, 0.3) is 0 Å². The van der Waals surface area contributed by atoms with E-state index in [1.807, 2.05) is 6.92 Å². The molecule has 1 aliphatic heterocycles. The largest absolute Gasteiger partial charge is 0.733 e. The third-order valence-corrected chi connectivity index (χ3v) is 3.97. The number of nitrogens with zero attached hydrogens (tertiary/aromatic N) is 1. The number of benzene rings is 1. The fourth-order valence-electron chi connectivity index (χ4n) is 2.40. The molecule has 2 rings (SSSR count). The molecule has 1 heterocycles. The molecule has 1 aromatic rings. The number of aryl methyl sites for hydroxylation is 2. The fourth-order valence-corrected chi connectivity index (χ4v) is 2.40. The van der Waals surface area contributed by atoms with E-state index < -0.39 is 30.6 Å². The maximum absolute atomic E-state index is 11.3. The van der Waals surface area contributed by atoms with Crippen molar-refractivity contribution in [2.24, 2.45) is 0 Å². The number of ether oxygens (including phenoxy) is 1. The van der Waals surface area contributed by atoms with Crippen LogP contribution >= 0.6 is 0 Å². The van der Waals surface area contributed by atoms with E-state index in [1.54, 1.807) is 19.9 Å². The molecular weight excluding hydrogens is 292 g/mol. The monoisotopic (exact) mass is 313 g/mol. The summed E-state index contributed by atoms with van der Waals surface area (Å²) >= 11 is 0. The average molecular weight is 313 g/mol. The van der Waals surface area contributed by atoms with Crippen molar-refractivity contribution in [2.75, 3.05) is 10.5 Å². The first-order valence-electron chi connectivity index (χ1n) is 6.96. The minimum atomic E-state index is -1.39. The molecule has 8 heteroatoms. The van der Waals surface area contributed by atoms with Gasteiger partial charge in [-0.05, 0) is 44.0 Å². The maximum Gasteiger partial charge on any atom is 0.157 e. The summed E-state index contributed by atoms with van der Waals surface area (Å²) in [6.45, 7) is 5.18. The van der Waals surface area contributed by atoms with Crippen molar-refractivity contribution in [2.45, 2.75) is 51.4 Å². The van der Waals surface area contributed by atoms with E-state index >= 15 is 0 Å². The molecular formula is C14H21N2O6-. The topological polar surface area (TPSA) is 128 Å². The van der Waals surface area contributed by atoms with Gasteiger partial charge in [-0.25, -0.2) is 0 Å². The standard InChI is InChI=1S/C14H21N2O6/c1-6-4-9(10(16(20)21)5-7(6)2)15-14-13(19)12(18)11(17)8(3)22-14/h4-5,8,11-15,17-20H,1-3H3/q-1/t8-,11-,12+,13+,14+/m0/s1. The molecule has 8 nitrogen and oxygen atoms in total. The van der Waals surface area contributed by atoms with Gasteiger partial charge in [-0.15, -0.1) is 0 Å². The molecule has 0 spiro atoms. The molecule has 0 aliphatic carbocycles. The number of aliphatic hydroxyl groups is 3. The molecule has 1 saturated heterocycles. The van der Waals surface area contributed by atoms with Gasteiger partial charge in [0.05, 0.1) is 17.5 Å². The molecule has 22 heavy (non-hydrogen) atoms. The van der Waals surface area contributed by atoms with Crippen molar-refractivity contribution in [1.82, 2.24) is 0 Å². The first-order chi connectivity index (χ1) is 10.2. The summed E-state index contributed by atoms with van der Waals surface area (Å²) in [5.41, 5.74) is 1.89. The summed E-state index contributed by atoms with van der Waals surface area (Å²) in [6, 6.07) is 3.12. The predicted molar refractivity (Wildman–Crippen MR) is 79.5 cm³/mol. The molecule has 0 bridgehead atoms. The molecule has 1 aromatic carbocycles. The van der Waals surface area contributed by atoms with Crippen LogP contribution in [0.4, 0.5) is 11.4 Å². The molecule has 0 unspecified atom stereocenters. The first-order valence-corrected chi connectivity index (χ1v) is 6.96. The van der Waals surface area contributed by atoms with E-state index in [1.165, 1.54) is 6.07 Å². The van der Waals surface area contributed by atoms with E-state index in [9.17, 15) is 25.7 Å². The van der Waals surface area contributed by atoms with Crippen LogP contribution in [-0.2, 0) is 4.74 Å². The smallest absolute Gasteiger partial charge is 0.157 e. The SMILES string of the molecule is Cc1cc(N[C@@H]2O[C@@H](C)[C@H](O)[C@@H](O)[C@H]2O)c(N([O-])O)cc1C. The van der Waals surface area contributed by atoms with Crippen molar-refractivity contribution < 1.29 is 25.3 Å². The zero-order valence-corrected chi connectivity index (χ0v) is 12.6. The lowest BCUT2D eigenvalue weighted by atomic mass is 9.98. The number of anilines is 2. The molecule has 0 radical (unpaired) electrons. The second-order valence-electron chi connectivity index (χ2n) is 5.60. The Morgan fingerprint density at radius 1 is 1.09 bits per heavy atom. The first kappa shape index (κ1) is 16.9. The molecule has 124 valence electrons. The second kappa shape index (κ2) is 6.37. The van der Waals surface area contributed by atoms with Crippen LogP contribution in [0.15, 0.2) is 12.1 Å². The number of aliphatic hydroxyl groups excluding tert-OH is 3. The Hall–Kier alpha value is -1.42. The number of rotatable bonds is 3. The number of nitrogens with one attached hydrogen (secondary N) is 1. The highest BCUT2D eigenvalue weighted by atomic mass is 16.8. The molecule has 5 N–H and O–H groups in total. The van der Waals surface area contributed by atoms with Crippen LogP contribution in [0.1, 0.15) is 18.1 Å². The molecule has 1 fully saturated rings. The van der Waals surface area contributed by atoms with Crippen LogP contribution in [0.2, 0.25) is 0 Å². The van der Waals surface area contributed by atoms with Crippen LogP contribution in [0.3, 0.4) is 0 Å². The predicted octanol–water partition coefficient (Wildman–Crippen LogP) is 0.236. The van der Waals surface area contributed by atoms with Crippen molar-refractivity contribution in [3.63, 3.8) is 0 Å². The van der Waals surface area contributed by atoms with E-state index in [0.29, 0.717) is 0 Å². The molecule has 5 atom stereocenters. The highest BCUT2D eigenvalue weighted by molar-refractivity contribution is 5.71. The van der Waals surface area contributed by atoms with E-state index in [2.05, 4.69) is 5.32 Å². The average Bonchev–Trinajstić information content (AvgIpc) is 2.45. The Morgan fingerprint density at radius 3 is 2.27 bits per heavy atom. The summed E-state index contributed by atoms with van der Waals surface area (Å²) in [7, 11) is 0. The fraction of sp³-hybridized carbons (Fsp3) is 0.571. The van der Waals surface area contributed by atoms with E-state index in [0.717, 1.165) is 11.1 Å². The van der Waals surface area contributed by atoms with Gasteiger partial charge >= 0.3 is 0 Å². The Labute approximate surface area is 128 Å². The van der Waals surface area contributed by atoms with Gasteiger partial charge in [0.1, 0.15) is 18.3 Å². The summed E-state index contributed by atoms with van der Waals surface area (Å²) < 4.78 is 5.42. The van der Waals surface area contributed by atoms with Gasteiger partial charge in [0.15, 0.2) is 6.23 Å². The van der Waals surface area contributed by atoms with Crippen molar-refractivity contribution in [3.8, 4) is 0 Å². The molecule has 1 aliphatic rings. The van der Waals surface area contributed by atoms with Crippen molar-refractivity contribution >= 4 is 11.4 Å². The highest BCUT2D eigenvalue weighted by Crippen LogP contribution is 2.31. The Bertz CT molecular complexity index is 538. The normalized spacial score (nSPS) is 31.9. The molecule has 0 saturated carbocycles. The third kappa shape index (κ3) is 3.17. The Morgan fingerprint density at radius 2 is 1.68 bits per heavy atom. The maximum atomic E-state index is 11.3. The lowest BCUT2D eigenvalue weighted by molar-refractivity contribution is -0.209. The van der Waals surface area contributed by atoms with Crippen LogP contribution in [0, 0.1) is 19.1 Å². The Balaban J connectivity index is 2.28. The quantitative estimate of drug-likeness (QED) is 0.502.